The van der Waals surface area contributed by atoms with Gasteiger partial charge in [0.1, 0.15) is 12.4 Å². The van der Waals surface area contributed by atoms with E-state index in [0.29, 0.717) is 12.3 Å². The van der Waals surface area contributed by atoms with Crippen LogP contribution >= 0.6 is 0 Å². The van der Waals surface area contributed by atoms with Crippen LogP contribution in [0.15, 0.2) is 66.9 Å². The molecule has 0 amide bonds. The summed E-state index contributed by atoms with van der Waals surface area (Å²) < 4.78 is 5.99. The molecule has 0 atom stereocenters. The van der Waals surface area contributed by atoms with Crippen molar-refractivity contribution in [2.75, 3.05) is 0 Å². The molecule has 1 heterocycles. The third-order valence-corrected chi connectivity index (χ3v) is 4.03. The average molecular weight is 345 g/mol. The van der Waals surface area contributed by atoms with Crippen molar-refractivity contribution in [3.05, 3.63) is 94.8 Å². The first-order valence-electron chi connectivity index (χ1n) is 8.27. The number of hydrogen-bond acceptors (Lipinski definition) is 3. The number of benzene rings is 2. The third kappa shape index (κ3) is 4.36. The van der Waals surface area contributed by atoms with E-state index in [-0.39, 0.29) is 5.56 Å². The van der Waals surface area contributed by atoms with Crippen molar-refractivity contribution in [3.63, 3.8) is 0 Å². The summed E-state index contributed by atoms with van der Waals surface area (Å²) in [7, 11) is 0. The molecule has 26 heavy (non-hydrogen) atoms. The van der Waals surface area contributed by atoms with Gasteiger partial charge in [0.2, 0.25) is 0 Å². The Morgan fingerprint density at radius 1 is 1.04 bits per heavy atom. The van der Waals surface area contributed by atoms with Gasteiger partial charge in [-0.05, 0) is 48.4 Å². The number of nitrogens with zero attached hydrogens (tertiary/aromatic N) is 1. The van der Waals surface area contributed by atoms with E-state index in [1.54, 1.807) is 6.07 Å². The fourth-order valence-corrected chi connectivity index (χ4v) is 2.48. The zero-order valence-electron chi connectivity index (χ0n) is 14.4. The summed E-state index contributed by atoms with van der Waals surface area (Å²) in [6.07, 6.45) is 5.10. The number of aromatic nitrogens is 1. The van der Waals surface area contributed by atoms with Crippen molar-refractivity contribution < 1.29 is 14.6 Å². The van der Waals surface area contributed by atoms with Gasteiger partial charge in [-0.3, -0.25) is 4.98 Å². The first kappa shape index (κ1) is 17.4. The highest BCUT2D eigenvalue weighted by Gasteiger charge is 2.04. The van der Waals surface area contributed by atoms with Crippen LogP contribution in [0.1, 0.15) is 32.7 Å². The number of carbonyl (C=O) groups is 1. The molecule has 0 saturated carbocycles. The van der Waals surface area contributed by atoms with Crippen LogP contribution in [0.5, 0.6) is 5.75 Å². The van der Waals surface area contributed by atoms with Crippen LogP contribution in [-0.2, 0) is 6.61 Å². The highest BCUT2D eigenvalue weighted by molar-refractivity contribution is 5.87. The summed E-state index contributed by atoms with van der Waals surface area (Å²) in [5.41, 5.74) is 4.14. The van der Waals surface area contributed by atoms with E-state index in [1.165, 1.54) is 17.8 Å². The fourth-order valence-electron chi connectivity index (χ4n) is 2.48. The number of ether oxygens (including phenoxy) is 1. The van der Waals surface area contributed by atoms with Crippen molar-refractivity contribution >= 4 is 18.1 Å². The Balaban J connectivity index is 1.74. The molecule has 0 aliphatic heterocycles. The van der Waals surface area contributed by atoms with Gasteiger partial charge in [-0.1, -0.05) is 42.5 Å². The second-order valence-corrected chi connectivity index (χ2v) is 5.86. The minimum atomic E-state index is -0.983. The number of para-hydroxylation sites is 1. The molecule has 0 bridgehead atoms. The number of hydrogen-bond donors (Lipinski definition) is 1. The standard InChI is InChI=1S/C22H19NO3/c1-16-6-2-3-8-19(16)15-26-21-9-5-4-7-17(21)10-12-20-13-11-18(14-23-20)22(24)25/h2-14H,15H2,1H3,(H,24,25)/b12-10+. The van der Waals surface area contributed by atoms with Crippen LogP contribution in [0, 0.1) is 6.92 Å². The number of rotatable bonds is 6. The lowest BCUT2D eigenvalue weighted by Crippen LogP contribution is -1.99. The summed E-state index contributed by atoms with van der Waals surface area (Å²) in [6.45, 7) is 2.57. The van der Waals surface area contributed by atoms with Gasteiger partial charge in [0.15, 0.2) is 0 Å². The molecule has 3 rings (SSSR count). The van der Waals surface area contributed by atoms with Crippen LogP contribution in [0.2, 0.25) is 0 Å². The van der Waals surface area contributed by atoms with E-state index in [2.05, 4.69) is 24.0 Å². The van der Waals surface area contributed by atoms with E-state index in [9.17, 15) is 4.79 Å². The van der Waals surface area contributed by atoms with Crippen molar-refractivity contribution in [1.82, 2.24) is 4.98 Å². The molecule has 2 aromatic carbocycles. The molecular weight excluding hydrogens is 326 g/mol. The molecule has 130 valence electrons. The quantitative estimate of drug-likeness (QED) is 0.694. The average Bonchev–Trinajstić information content (AvgIpc) is 2.66. The lowest BCUT2D eigenvalue weighted by atomic mass is 10.1. The van der Waals surface area contributed by atoms with Gasteiger partial charge in [-0.2, -0.15) is 0 Å². The number of carboxylic acid groups (broad SMARTS) is 1. The topological polar surface area (TPSA) is 59.4 Å². The predicted octanol–water partition coefficient (Wildman–Crippen LogP) is 4.84. The zero-order valence-corrected chi connectivity index (χ0v) is 14.4. The molecule has 4 nitrogen and oxygen atoms in total. The van der Waals surface area contributed by atoms with E-state index in [4.69, 9.17) is 9.84 Å². The second-order valence-electron chi connectivity index (χ2n) is 5.86. The number of aryl methyl sites for hydroxylation is 1. The summed E-state index contributed by atoms with van der Waals surface area (Å²) in [4.78, 5) is 15.0. The fraction of sp³-hybridized carbons (Fsp3) is 0.0909. The molecular formula is C22H19NO3. The Hall–Kier alpha value is -3.40. The van der Waals surface area contributed by atoms with Crippen molar-refractivity contribution in [2.24, 2.45) is 0 Å². The van der Waals surface area contributed by atoms with Crippen LogP contribution in [0.25, 0.3) is 12.2 Å². The minimum absolute atomic E-state index is 0.170. The van der Waals surface area contributed by atoms with E-state index in [0.717, 1.165) is 16.9 Å². The van der Waals surface area contributed by atoms with Crippen LogP contribution in [0.4, 0.5) is 0 Å². The molecule has 0 saturated heterocycles. The SMILES string of the molecule is Cc1ccccc1COc1ccccc1/C=C/c1ccc(C(=O)O)cn1. The molecule has 0 spiro atoms. The summed E-state index contributed by atoms with van der Waals surface area (Å²) in [6, 6.07) is 19.1. The number of aromatic carboxylic acids is 1. The summed E-state index contributed by atoms with van der Waals surface area (Å²) in [5.74, 6) is -0.197. The summed E-state index contributed by atoms with van der Waals surface area (Å²) in [5, 5.41) is 8.92. The van der Waals surface area contributed by atoms with Gasteiger partial charge >= 0.3 is 5.97 Å². The Morgan fingerprint density at radius 3 is 2.54 bits per heavy atom. The Bertz CT molecular complexity index is 930. The Kier molecular flexibility index (Phi) is 5.44. The minimum Gasteiger partial charge on any atom is -0.488 e. The molecule has 0 fully saturated rings. The highest BCUT2D eigenvalue weighted by atomic mass is 16.5. The predicted molar refractivity (Wildman–Crippen MR) is 102 cm³/mol. The smallest absolute Gasteiger partial charge is 0.337 e. The first-order valence-corrected chi connectivity index (χ1v) is 8.27. The number of pyridine rings is 1. The molecule has 1 N–H and O–H groups in total. The molecule has 0 radical (unpaired) electrons. The Labute approximate surface area is 152 Å². The largest absolute Gasteiger partial charge is 0.488 e. The molecule has 0 aliphatic rings. The first-order chi connectivity index (χ1) is 12.6. The third-order valence-electron chi connectivity index (χ3n) is 4.03. The molecule has 0 aliphatic carbocycles. The monoisotopic (exact) mass is 345 g/mol. The van der Waals surface area contributed by atoms with Gasteiger partial charge in [0, 0.05) is 11.8 Å². The van der Waals surface area contributed by atoms with Crippen molar-refractivity contribution in [1.29, 1.82) is 0 Å². The van der Waals surface area contributed by atoms with Crippen LogP contribution in [-0.4, -0.2) is 16.1 Å². The van der Waals surface area contributed by atoms with Crippen molar-refractivity contribution in [2.45, 2.75) is 13.5 Å². The maximum absolute atomic E-state index is 10.9. The van der Waals surface area contributed by atoms with Crippen LogP contribution in [0.3, 0.4) is 0 Å². The molecule has 0 unspecified atom stereocenters. The van der Waals surface area contributed by atoms with Crippen molar-refractivity contribution in [3.8, 4) is 5.75 Å². The van der Waals surface area contributed by atoms with E-state index in [1.807, 2.05) is 48.6 Å². The normalized spacial score (nSPS) is 10.8. The maximum atomic E-state index is 10.9. The lowest BCUT2D eigenvalue weighted by molar-refractivity contribution is 0.0696. The number of carboxylic acids is 1. The zero-order chi connectivity index (χ0) is 18.4. The Morgan fingerprint density at radius 2 is 1.81 bits per heavy atom. The lowest BCUT2D eigenvalue weighted by Gasteiger charge is -2.11. The molecule has 1 aromatic heterocycles. The highest BCUT2D eigenvalue weighted by Crippen LogP contribution is 2.22. The molecule has 4 heteroatoms. The van der Waals surface area contributed by atoms with E-state index >= 15 is 0 Å². The van der Waals surface area contributed by atoms with Gasteiger partial charge in [0.25, 0.3) is 0 Å². The van der Waals surface area contributed by atoms with E-state index < -0.39 is 5.97 Å². The second kappa shape index (κ2) is 8.12. The van der Waals surface area contributed by atoms with Gasteiger partial charge in [0.05, 0.1) is 11.3 Å². The van der Waals surface area contributed by atoms with Gasteiger partial charge in [-0.15, -0.1) is 0 Å². The van der Waals surface area contributed by atoms with Crippen LogP contribution < -0.4 is 4.74 Å². The van der Waals surface area contributed by atoms with Gasteiger partial charge < -0.3 is 9.84 Å². The van der Waals surface area contributed by atoms with Gasteiger partial charge in [-0.25, -0.2) is 4.79 Å². The molecule has 3 aromatic rings. The summed E-state index contributed by atoms with van der Waals surface area (Å²) >= 11 is 0. The maximum Gasteiger partial charge on any atom is 0.337 e.